The van der Waals surface area contributed by atoms with E-state index in [0.717, 1.165) is 54.3 Å². The van der Waals surface area contributed by atoms with Crippen LogP contribution in [0.4, 0.5) is 0 Å². The second-order valence-corrected chi connectivity index (χ2v) is 6.19. The number of alkyl halides is 1. The third kappa shape index (κ3) is 4.60. The number of ether oxygens (including phenoxy) is 1. The van der Waals surface area contributed by atoms with Gasteiger partial charge in [0.05, 0.1) is 17.1 Å². The van der Waals surface area contributed by atoms with Crippen LogP contribution < -0.4 is 0 Å². The fourth-order valence-electron chi connectivity index (χ4n) is 2.37. The van der Waals surface area contributed by atoms with E-state index in [1.54, 1.807) is 0 Å². The molecule has 0 aliphatic heterocycles. The van der Waals surface area contributed by atoms with Gasteiger partial charge in [0.15, 0.2) is 0 Å². The smallest absolute Gasteiger partial charge is 0.111 e. The van der Waals surface area contributed by atoms with Crippen LogP contribution in [-0.2, 0) is 17.7 Å². The normalized spacial score (nSPS) is 11.7. The first-order valence-corrected chi connectivity index (χ1v) is 8.35. The zero-order chi connectivity index (χ0) is 15.2. The van der Waals surface area contributed by atoms with E-state index in [4.69, 9.17) is 27.9 Å². The van der Waals surface area contributed by atoms with Crippen LogP contribution in [-0.4, -0.2) is 28.1 Å². The van der Waals surface area contributed by atoms with Crippen molar-refractivity contribution in [2.45, 2.75) is 45.8 Å². The summed E-state index contributed by atoms with van der Waals surface area (Å²) in [5.74, 6) is 1.61. The molecule has 0 spiro atoms. The van der Waals surface area contributed by atoms with Gasteiger partial charge in [0, 0.05) is 30.5 Å². The van der Waals surface area contributed by atoms with Gasteiger partial charge in [0.1, 0.15) is 5.82 Å². The third-order valence-electron chi connectivity index (χ3n) is 3.33. The lowest BCUT2D eigenvalue weighted by atomic mass is 10.3. The molecule has 0 aliphatic carbocycles. The molecular formula is C16H22Cl2N2O. The second kappa shape index (κ2) is 8.02. The van der Waals surface area contributed by atoms with Crippen molar-refractivity contribution >= 4 is 34.2 Å². The number of aryl methyl sites for hydroxylation is 2. The Morgan fingerprint density at radius 2 is 2.10 bits per heavy atom. The van der Waals surface area contributed by atoms with Gasteiger partial charge in [0.25, 0.3) is 0 Å². The Morgan fingerprint density at radius 1 is 1.29 bits per heavy atom. The molecule has 116 valence electrons. The summed E-state index contributed by atoms with van der Waals surface area (Å²) in [5.41, 5.74) is 2.07. The number of benzene rings is 1. The molecule has 0 aliphatic rings. The van der Waals surface area contributed by atoms with Crippen LogP contribution in [0.5, 0.6) is 0 Å². The molecule has 21 heavy (non-hydrogen) atoms. The number of nitrogens with zero attached hydrogens (tertiary/aromatic N) is 2. The predicted octanol–water partition coefficient (Wildman–Crippen LogP) is 4.68. The van der Waals surface area contributed by atoms with E-state index in [0.29, 0.717) is 12.0 Å². The maximum absolute atomic E-state index is 6.04. The summed E-state index contributed by atoms with van der Waals surface area (Å²) < 4.78 is 7.83. The number of rotatable bonds is 8. The molecule has 1 aromatic heterocycles. The number of fused-ring (bicyclic) bond motifs is 1. The van der Waals surface area contributed by atoms with E-state index >= 15 is 0 Å². The first kappa shape index (κ1) is 16.6. The lowest BCUT2D eigenvalue weighted by molar-refractivity contribution is 0.0754. The van der Waals surface area contributed by atoms with Gasteiger partial charge in [-0.1, -0.05) is 11.6 Å². The second-order valence-electron chi connectivity index (χ2n) is 5.38. The SMILES string of the molecule is CC(C)OCCCCn1c(CCCl)nc2cc(Cl)ccc21. The summed E-state index contributed by atoms with van der Waals surface area (Å²) in [6.45, 7) is 5.87. The molecule has 0 saturated carbocycles. The lowest BCUT2D eigenvalue weighted by Crippen LogP contribution is -2.08. The highest BCUT2D eigenvalue weighted by atomic mass is 35.5. The molecule has 0 amide bonds. The minimum atomic E-state index is 0.299. The number of hydrogen-bond donors (Lipinski definition) is 0. The summed E-state index contributed by atoms with van der Waals surface area (Å²) in [4.78, 5) is 4.65. The van der Waals surface area contributed by atoms with Gasteiger partial charge < -0.3 is 9.30 Å². The highest BCUT2D eigenvalue weighted by Gasteiger charge is 2.10. The molecule has 0 N–H and O–H groups in total. The average Bonchev–Trinajstić information content (AvgIpc) is 2.75. The fourth-order valence-corrected chi connectivity index (χ4v) is 2.70. The van der Waals surface area contributed by atoms with Crippen molar-refractivity contribution in [2.24, 2.45) is 0 Å². The van der Waals surface area contributed by atoms with Crippen LogP contribution in [0.25, 0.3) is 11.0 Å². The average molecular weight is 329 g/mol. The van der Waals surface area contributed by atoms with Gasteiger partial charge in [-0.05, 0) is 44.9 Å². The van der Waals surface area contributed by atoms with Crippen LogP contribution in [0.15, 0.2) is 18.2 Å². The molecule has 0 atom stereocenters. The number of halogens is 2. The highest BCUT2D eigenvalue weighted by Crippen LogP contribution is 2.21. The van der Waals surface area contributed by atoms with Crippen LogP contribution in [0.1, 0.15) is 32.5 Å². The molecule has 5 heteroatoms. The maximum Gasteiger partial charge on any atom is 0.111 e. The molecule has 2 rings (SSSR count). The Hall–Kier alpha value is -0.770. The summed E-state index contributed by atoms with van der Waals surface area (Å²) in [5, 5.41) is 0.718. The quantitative estimate of drug-likeness (QED) is 0.519. The van der Waals surface area contributed by atoms with E-state index in [9.17, 15) is 0 Å². The van der Waals surface area contributed by atoms with E-state index < -0.39 is 0 Å². The molecule has 3 nitrogen and oxygen atoms in total. The van der Waals surface area contributed by atoms with Crippen LogP contribution in [0, 0.1) is 0 Å². The summed E-state index contributed by atoms with van der Waals surface area (Å²) in [6, 6.07) is 5.86. The summed E-state index contributed by atoms with van der Waals surface area (Å²) in [6.07, 6.45) is 3.19. The number of imidazole rings is 1. The fraction of sp³-hybridized carbons (Fsp3) is 0.562. The van der Waals surface area contributed by atoms with Crippen LogP contribution >= 0.6 is 23.2 Å². The molecule has 0 bridgehead atoms. The highest BCUT2D eigenvalue weighted by molar-refractivity contribution is 6.31. The van der Waals surface area contributed by atoms with Crippen molar-refractivity contribution < 1.29 is 4.74 Å². The van der Waals surface area contributed by atoms with Crippen LogP contribution in [0.3, 0.4) is 0 Å². The Morgan fingerprint density at radius 3 is 2.81 bits per heavy atom. The van der Waals surface area contributed by atoms with Crippen molar-refractivity contribution in [1.29, 1.82) is 0 Å². The summed E-state index contributed by atoms with van der Waals surface area (Å²) in [7, 11) is 0. The molecular weight excluding hydrogens is 307 g/mol. The molecule has 0 unspecified atom stereocenters. The largest absolute Gasteiger partial charge is 0.379 e. The van der Waals surface area contributed by atoms with Gasteiger partial charge in [-0.15, -0.1) is 11.6 Å². The number of aromatic nitrogens is 2. The van der Waals surface area contributed by atoms with Crippen molar-refractivity contribution in [2.75, 3.05) is 12.5 Å². The van der Waals surface area contributed by atoms with Crippen molar-refractivity contribution in [3.05, 3.63) is 29.0 Å². The molecule has 0 radical (unpaired) electrons. The van der Waals surface area contributed by atoms with Gasteiger partial charge >= 0.3 is 0 Å². The zero-order valence-electron chi connectivity index (χ0n) is 12.6. The van der Waals surface area contributed by atoms with Gasteiger partial charge in [0.2, 0.25) is 0 Å². The molecule has 1 heterocycles. The minimum Gasteiger partial charge on any atom is -0.379 e. The van der Waals surface area contributed by atoms with Crippen molar-refractivity contribution in [3.63, 3.8) is 0 Å². The predicted molar refractivity (Wildman–Crippen MR) is 89.5 cm³/mol. The Kier molecular flexibility index (Phi) is 6.34. The third-order valence-corrected chi connectivity index (χ3v) is 3.76. The van der Waals surface area contributed by atoms with Gasteiger partial charge in [-0.2, -0.15) is 0 Å². The van der Waals surface area contributed by atoms with Gasteiger partial charge in [-0.3, -0.25) is 0 Å². The standard InChI is InChI=1S/C16H22Cl2N2O/c1-12(2)21-10-4-3-9-20-15-6-5-13(18)11-14(15)19-16(20)7-8-17/h5-6,11-12H,3-4,7-10H2,1-2H3. The van der Waals surface area contributed by atoms with Crippen molar-refractivity contribution in [3.8, 4) is 0 Å². The zero-order valence-corrected chi connectivity index (χ0v) is 14.1. The van der Waals surface area contributed by atoms with E-state index in [2.05, 4.69) is 23.4 Å². The summed E-state index contributed by atoms with van der Waals surface area (Å²) >= 11 is 11.9. The van der Waals surface area contributed by atoms with Crippen LogP contribution in [0.2, 0.25) is 5.02 Å². The first-order valence-electron chi connectivity index (χ1n) is 7.44. The van der Waals surface area contributed by atoms with E-state index in [1.807, 2.05) is 18.2 Å². The minimum absolute atomic E-state index is 0.299. The Bertz CT molecular complexity index is 581. The van der Waals surface area contributed by atoms with E-state index in [-0.39, 0.29) is 0 Å². The Labute approximate surface area is 136 Å². The topological polar surface area (TPSA) is 27.1 Å². The Balaban J connectivity index is 2.07. The molecule has 0 saturated heterocycles. The molecule has 1 aromatic carbocycles. The monoisotopic (exact) mass is 328 g/mol. The number of unbranched alkanes of at least 4 members (excludes halogenated alkanes) is 1. The van der Waals surface area contributed by atoms with Crippen molar-refractivity contribution in [1.82, 2.24) is 9.55 Å². The molecule has 0 fully saturated rings. The lowest BCUT2D eigenvalue weighted by Gasteiger charge is -2.10. The maximum atomic E-state index is 6.04. The van der Waals surface area contributed by atoms with Gasteiger partial charge in [-0.25, -0.2) is 4.98 Å². The molecule has 2 aromatic rings. The number of hydrogen-bond acceptors (Lipinski definition) is 2. The van der Waals surface area contributed by atoms with E-state index in [1.165, 1.54) is 0 Å². The first-order chi connectivity index (χ1) is 10.1.